The van der Waals surface area contributed by atoms with E-state index in [9.17, 15) is 0 Å². The zero-order valence-electron chi connectivity index (χ0n) is 22.8. The summed E-state index contributed by atoms with van der Waals surface area (Å²) in [6.45, 7) is 0. The first-order chi connectivity index (χ1) is 20.3. The summed E-state index contributed by atoms with van der Waals surface area (Å²) in [7, 11) is 0. The van der Waals surface area contributed by atoms with Crippen molar-refractivity contribution in [2.24, 2.45) is 0 Å². The van der Waals surface area contributed by atoms with Gasteiger partial charge in [-0.25, -0.2) is 9.99 Å². The molecule has 1 fully saturated rings. The molecule has 0 bridgehead atoms. The summed E-state index contributed by atoms with van der Waals surface area (Å²) in [5, 5.41) is 10.8. The molecule has 2 aliphatic rings. The molecule has 9 rings (SSSR count). The zero-order chi connectivity index (χ0) is 26.9. The molecule has 7 aromatic rings. The first-order valence-electron chi connectivity index (χ1n) is 14.5. The van der Waals surface area contributed by atoms with Crippen molar-refractivity contribution < 1.29 is 16.8 Å². The molecule has 0 N–H and O–H groups in total. The van der Waals surface area contributed by atoms with Crippen molar-refractivity contribution >= 4 is 38.7 Å². The van der Waals surface area contributed by atoms with Crippen molar-refractivity contribution in [3.8, 4) is 17.1 Å². The summed E-state index contributed by atoms with van der Waals surface area (Å²) < 4.78 is 2.22. The molecule has 3 aromatic carbocycles. The molecule has 2 unspecified atom stereocenters. The number of aromatic nitrogens is 5. The molecule has 0 spiro atoms. The Morgan fingerprint density at radius 1 is 0.762 bits per heavy atom. The van der Waals surface area contributed by atoms with Crippen LogP contribution in [0.15, 0.2) is 103 Å². The van der Waals surface area contributed by atoms with E-state index in [0.29, 0.717) is 12.0 Å². The number of para-hydroxylation sites is 2. The van der Waals surface area contributed by atoms with Crippen LogP contribution in [-0.4, -0.2) is 30.5 Å². The van der Waals surface area contributed by atoms with Crippen molar-refractivity contribution in [2.75, 3.05) is 5.01 Å². The van der Waals surface area contributed by atoms with E-state index >= 15 is 0 Å². The second kappa shape index (κ2) is 9.82. The standard InChI is InChI=1S/C35H27N6.Co/c1-2-11-23(12-3-1)29-16-10-20-33(37-29)39-31-18-8-5-14-25(31)27-21-28-26-15-6-9-19-32(26)40(35(28)38-34(27)39)41-30-17-7-4-13-24(30)22-36-41;/h1-5,7-8,10-11,13-14,16-18,20-22,26,32H,6,9,15,19H2;/q-1;. The number of benzene rings is 3. The summed E-state index contributed by atoms with van der Waals surface area (Å²) >= 11 is 0. The van der Waals surface area contributed by atoms with E-state index in [1.807, 2.05) is 30.5 Å². The Hall–Kier alpha value is -4.46. The quantitative estimate of drug-likeness (QED) is 0.198. The van der Waals surface area contributed by atoms with E-state index in [1.54, 1.807) is 0 Å². The van der Waals surface area contributed by atoms with Gasteiger partial charge in [-0.05, 0) is 42.8 Å². The summed E-state index contributed by atoms with van der Waals surface area (Å²) in [6, 6.07) is 37.3. The Bertz CT molecular complexity index is 2100. The number of hydrogen-bond donors (Lipinski definition) is 0. The third kappa shape index (κ3) is 3.67. The van der Waals surface area contributed by atoms with Gasteiger partial charge in [0.2, 0.25) is 0 Å². The minimum absolute atomic E-state index is 0. The Labute approximate surface area is 253 Å². The van der Waals surface area contributed by atoms with Gasteiger partial charge in [0.25, 0.3) is 0 Å². The third-order valence-corrected chi connectivity index (χ3v) is 8.93. The smallest absolute Gasteiger partial charge is 0.155 e. The predicted molar refractivity (Wildman–Crippen MR) is 163 cm³/mol. The van der Waals surface area contributed by atoms with Crippen molar-refractivity contribution in [3.63, 3.8) is 0 Å². The largest absolute Gasteiger partial charge is 0.280 e. The van der Waals surface area contributed by atoms with Gasteiger partial charge in [-0.15, -0.1) is 35.9 Å². The van der Waals surface area contributed by atoms with E-state index in [2.05, 4.69) is 93.2 Å². The van der Waals surface area contributed by atoms with Gasteiger partial charge < -0.3 is 0 Å². The molecule has 207 valence electrons. The first kappa shape index (κ1) is 25.3. The van der Waals surface area contributed by atoms with Crippen LogP contribution in [0, 0.1) is 6.07 Å². The summed E-state index contributed by atoms with van der Waals surface area (Å²) in [6.07, 6.45) is 6.76. The molecular weight excluding hydrogens is 563 g/mol. The van der Waals surface area contributed by atoms with Crippen molar-refractivity contribution in [1.29, 1.82) is 0 Å². The van der Waals surface area contributed by atoms with Gasteiger partial charge >= 0.3 is 0 Å². The second-order valence-electron chi connectivity index (χ2n) is 11.2. The zero-order valence-corrected chi connectivity index (χ0v) is 23.9. The number of fused-ring (bicyclic) bond motifs is 7. The maximum Gasteiger partial charge on any atom is 0.155 e. The van der Waals surface area contributed by atoms with Crippen LogP contribution >= 0.6 is 0 Å². The van der Waals surface area contributed by atoms with Crippen molar-refractivity contribution in [2.45, 2.75) is 37.6 Å². The Morgan fingerprint density at radius 2 is 1.60 bits per heavy atom. The molecule has 4 aromatic heterocycles. The Kier molecular flexibility index (Phi) is 5.91. The van der Waals surface area contributed by atoms with Crippen LogP contribution in [0.4, 0.5) is 5.82 Å². The summed E-state index contributed by atoms with van der Waals surface area (Å²) in [5.41, 5.74) is 6.35. The average Bonchev–Trinajstić information content (AvgIpc) is 3.70. The Morgan fingerprint density at radius 3 is 2.50 bits per heavy atom. The molecule has 2 atom stereocenters. The minimum Gasteiger partial charge on any atom is -0.280 e. The molecule has 1 aliphatic heterocycles. The fraction of sp³-hybridized carbons (Fsp3) is 0.171. The SMILES string of the molecule is [Co].[c-]1ccccc1-c1cccc(-n2c3ccccc3c3cc4c(nc32)N(n2ncc3ccccc32)C2CCCCC42)n1. The van der Waals surface area contributed by atoms with Gasteiger partial charge in [0.15, 0.2) is 5.82 Å². The molecule has 0 amide bonds. The van der Waals surface area contributed by atoms with Gasteiger partial charge in [0.05, 0.1) is 23.3 Å². The first-order valence-corrected chi connectivity index (χ1v) is 14.5. The minimum atomic E-state index is 0. The van der Waals surface area contributed by atoms with E-state index < -0.39 is 0 Å². The van der Waals surface area contributed by atoms with E-state index in [-0.39, 0.29) is 16.8 Å². The van der Waals surface area contributed by atoms with Crippen LogP contribution in [0.25, 0.3) is 49.9 Å². The van der Waals surface area contributed by atoms with Gasteiger partial charge in [-0.3, -0.25) is 9.55 Å². The van der Waals surface area contributed by atoms with E-state index in [4.69, 9.17) is 15.1 Å². The third-order valence-electron chi connectivity index (χ3n) is 8.93. The maximum absolute atomic E-state index is 5.52. The predicted octanol–water partition coefficient (Wildman–Crippen LogP) is 7.70. The molecule has 7 heteroatoms. The van der Waals surface area contributed by atoms with E-state index in [0.717, 1.165) is 51.4 Å². The van der Waals surface area contributed by atoms with Gasteiger partial charge in [-0.2, -0.15) is 9.89 Å². The fourth-order valence-electron chi connectivity index (χ4n) is 7.11. The number of nitrogens with zero attached hydrogens (tertiary/aromatic N) is 6. The Balaban J connectivity index is 0.00000267. The van der Waals surface area contributed by atoms with Crippen LogP contribution in [0.5, 0.6) is 0 Å². The van der Waals surface area contributed by atoms with E-state index in [1.165, 1.54) is 35.6 Å². The van der Waals surface area contributed by atoms with Gasteiger partial charge in [-0.1, -0.05) is 61.4 Å². The maximum atomic E-state index is 5.52. The van der Waals surface area contributed by atoms with Gasteiger partial charge in [0, 0.05) is 44.4 Å². The van der Waals surface area contributed by atoms with Crippen LogP contribution in [0.1, 0.15) is 37.2 Å². The number of anilines is 1. The van der Waals surface area contributed by atoms with Crippen LogP contribution in [0.3, 0.4) is 0 Å². The molecule has 5 heterocycles. The molecule has 1 aliphatic carbocycles. The van der Waals surface area contributed by atoms with Crippen LogP contribution in [-0.2, 0) is 16.8 Å². The van der Waals surface area contributed by atoms with Crippen molar-refractivity contribution in [1.82, 2.24) is 24.4 Å². The van der Waals surface area contributed by atoms with Crippen molar-refractivity contribution in [3.05, 3.63) is 115 Å². The molecule has 1 saturated carbocycles. The topological polar surface area (TPSA) is 51.8 Å². The normalized spacial score (nSPS) is 17.9. The monoisotopic (exact) mass is 590 g/mol. The number of hydrogen-bond acceptors (Lipinski definition) is 4. The average molecular weight is 591 g/mol. The molecule has 6 nitrogen and oxygen atoms in total. The van der Waals surface area contributed by atoms with Gasteiger partial charge in [0.1, 0.15) is 11.5 Å². The molecular formula is C35H27CoN6-. The van der Waals surface area contributed by atoms with Crippen LogP contribution in [0.2, 0.25) is 0 Å². The second-order valence-corrected chi connectivity index (χ2v) is 11.2. The summed E-state index contributed by atoms with van der Waals surface area (Å²) in [4.78, 5) is 12.7. The number of rotatable bonds is 3. The molecule has 1 radical (unpaired) electrons. The summed E-state index contributed by atoms with van der Waals surface area (Å²) in [5.74, 6) is 2.31. The molecule has 0 saturated heterocycles. The molecule has 42 heavy (non-hydrogen) atoms. The fourth-order valence-corrected chi connectivity index (χ4v) is 7.11. The number of pyridine rings is 2. The van der Waals surface area contributed by atoms with Crippen LogP contribution < -0.4 is 5.01 Å².